The van der Waals surface area contributed by atoms with E-state index in [-0.39, 0.29) is 24.6 Å². The van der Waals surface area contributed by atoms with Crippen LogP contribution in [0, 0.1) is 5.92 Å². The van der Waals surface area contributed by atoms with Gasteiger partial charge < -0.3 is 20.5 Å². The number of carboxylic acids is 1. The van der Waals surface area contributed by atoms with Gasteiger partial charge in [0.05, 0.1) is 6.10 Å². The number of amides is 2. The summed E-state index contributed by atoms with van der Waals surface area (Å²) in [6, 6.07) is -0.0700. The molecule has 0 spiro atoms. The van der Waals surface area contributed by atoms with Gasteiger partial charge in [0.1, 0.15) is 0 Å². The molecule has 0 aliphatic carbocycles. The summed E-state index contributed by atoms with van der Waals surface area (Å²) in [5.41, 5.74) is 0. The lowest BCUT2D eigenvalue weighted by Gasteiger charge is -2.34. The molecule has 0 radical (unpaired) electrons. The maximum absolute atomic E-state index is 11.8. The molecular weight excluding hydrogens is 272 g/mol. The Balaban J connectivity index is 2.27. The second kappa shape index (κ2) is 9.60. The molecule has 0 aromatic carbocycles. The van der Waals surface area contributed by atoms with Crippen LogP contribution in [-0.4, -0.2) is 42.4 Å². The number of aliphatic carboxylic acids is 1. The van der Waals surface area contributed by atoms with E-state index in [9.17, 15) is 9.59 Å². The van der Waals surface area contributed by atoms with Crippen molar-refractivity contribution in [3.8, 4) is 0 Å². The van der Waals surface area contributed by atoms with Gasteiger partial charge in [0.15, 0.2) is 0 Å². The van der Waals surface area contributed by atoms with Gasteiger partial charge in [0, 0.05) is 25.6 Å². The van der Waals surface area contributed by atoms with E-state index in [4.69, 9.17) is 9.84 Å². The van der Waals surface area contributed by atoms with Crippen molar-refractivity contribution in [1.29, 1.82) is 0 Å². The first-order chi connectivity index (χ1) is 10.1. The maximum atomic E-state index is 11.8. The fourth-order valence-corrected chi connectivity index (χ4v) is 2.78. The van der Waals surface area contributed by atoms with Crippen LogP contribution in [-0.2, 0) is 9.53 Å². The summed E-state index contributed by atoms with van der Waals surface area (Å²) in [5.74, 6) is -0.289. The Hall–Kier alpha value is -1.30. The Labute approximate surface area is 126 Å². The van der Waals surface area contributed by atoms with Gasteiger partial charge in [-0.1, -0.05) is 26.7 Å². The minimum atomic E-state index is -0.838. The highest BCUT2D eigenvalue weighted by atomic mass is 16.5. The van der Waals surface area contributed by atoms with Crippen molar-refractivity contribution in [2.75, 3.05) is 13.2 Å². The van der Waals surface area contributed by atoms with Gasteiger partial charge in [-0.2, -0.15) is 0 Å². The number of nitrogens with one attached hydrogen (secondary N) is 2. The van der Waals surface area contributed by atoms with E-state index in [2.05, 4.69) is 24.5 Å². The van der Waals surface area contributed by atoms with E-state index in [1.807, 2.05) is 0 Å². The largest absolute Gasteiger partial charge is 0.481 e. The molecule has 0 bridgehead atoms. The fraction of sp³-hybridized carbons (Fsp3) is 0.867. The monoisotopic (exact) mass is 300 g/mol. The number of carbonyl (C=O) groups is 2. The molecule has 0 aromatic heterocycles. The lowest BCUT2D eigenvalue weighted by Crippen LogP contribution is -2.47. The van der Waals surface area contributed by atoms with Crippen LogP contribution in [0.1, 0.15) is 52.4 Å². The third-order valence-corrected chi connectivity index (χ3v) is 4.08. The Bertz CT molecular complexity index is 332. The lowest BCUT2D eigenvalue weighted by atomic mass is 9.89. The van der Waals surface area contributed by atoms with E-state index >= 15 is 0 Å². The quantitative estimate of drug-likeness (QED) is 0.599. The highest BCUT2D eigenvalue weighted by Gasteiger charge is 2.28. The number of carboxylic acid groups (broad SMARTS) is 1. The Morgan fingerprint density at radius 2 is 2.05 bits per heavy atom. The van der Waals surface area contributed by atoms with Crippen LogP contribution in [0.25, 0.3) is 0 Å². The summed E-state index contributed by atoms with van der Waals surface area (Å²) in [4.78, 5) is 22.1. The van der Waals surface area contributed by atoms with Crippen LogP contribution < -0.4 is 10.6 Å². The van der Waals surface area contributed by atoms with Crippen molar-refractivity contribution in [3.05, 3.63) is 0 Å². The van der Waals surface area contributed by atoms with E-state index in [1.165, 1.54) is 0 Å². The van der Waals surface area contributed by atoms with Crippen LogP contribution in [0.4, 0.5) is 4.79 Å². The Morgan fingerprint density at radius 1 is 1.33 bits per heavy atom. The molecule has 1 rings (SSSR count). The van der Waals surface area contributed by atoms with Crippen molar-refractivity contribution < 1.29 is 19.4 Å². The van der Waals surface area contributed by atoms with Gasteiger partial charge in [-0.3, -0.25) is 4.79 Å². The average molecular weight is 300 g/mol. The molecule has 122 valence electrons. The molecule has 2 amide bonds. The number of hydrogen-bond donors (Lipinski definition) is 3. The van der Waals surface area contributed by atoms with Gasteiger partial charge in [0.2, 0.25) is 0 Å². The van der Waals surface area contributed by atoms with Gasteiger partial charge in [-0.05, 0) is 25.2 Å². The normalized spacial score (nSPS) is 22.0. The maximum Gasteiger partial charge on any atom is 0.315 e. The molecule has 1 saturated heterocycles. The van der Waals surface area contributed by atoms with Crippen molar-refractivity contribution in [3.63, 3.8) is 0 Å². The standard InChI is InChI=1S/C15H28N2O4/c1-3-11(4-2)13-10-12(7-9-21-13)17-15(20)16-8-5-6-14(18)19/h11-13H,3-10H2,1-2H3,(H,18,19)(H2,16,17,20). The van der Waals surface area contributed by atoms with Crippen molar-refractivity contribution in [1.82, 2.24) is 10.6 Å². The Kier molecular flexibility index (Phi) is 8.12. The smallest absolute Gasteiger partial charge is 0.315 e. The molecule has 1 heterocycles. The van der Waals surface area contributed by atoms with Gasteiger partial charge in [-0.15, -0.1) is 0 Å². The molecule has 1 fully saturated rings. The first-order valence-corrected chi connectivity index (χ1v) is 7.94. The molecule has 3 N–H and O–H groups in total. The molecule has 0 aromatic rings. The SMILES string of the molecule is CCC(CC)C1CC(NC(=O)NCCCC(=O)O)CCO1. The highest BCUT2D eigenvalue weighted by Crippen LogP contribution is 2.25. The predicted molar refractivity (Wildman–Crippen MR) is 80.2 cm³/mol. The molecule has 6 heteroatoms. The van der Waals surface area contributed by atoms with Crippen molar-refractivity contribution >= 4 is 12.0 Å². The number of hydrogen-bond acceptors (Lipinski definition) is 3. The van der Waals surface area contributed by atoms with Crippen LogP contribution in [0.5, 0.6) is 0 Å². The molecule has 1 aliphatic heterocycles. The zero-order valence-electron chi connectivity index (χ0n) is 13.1. The zero-order chi connectivity index (χ0) is 15.7. The first kappa shape index (κ1) is 17.8. The van der Waals surface area contributed by atoms with E-state index in [0.717, 1.165) is 25.7 Å². The lowest BCUT2D eigenvalue weighted by molar-refractivity contribution is -0.137. The van der Waals surface area contributed by atoms with E-state index in [0.29, 0.717) is 25.5 Å². The zero-order valence-corrected chi connectivity index (χ0v) is 13.1. The van der Waals surface area contributed by atoms with Crippen LogP contribution in [0.15, 0.2) is 0 Å². The summed E-state index contributed by atoms with van der Waals surface area (Å²) in [6.07, 6.45) is 4.63. The topological polar surface area (TPSA) is 87.7 Å². The highest BCUT2D eigenvalue weighted by molar-refractivity contribution is 5.74. The molecule has 6 nitrogen and oxygen atoms in total. The van der Waals surface area contributed by atoms with Gasteiger partial charge in [0.25, 0.3) is 0 Å². The molecule has 2 atom stereocenters. The summed E-state index contributed by atoms with van der Waals surface area (Å²) in [7, 11) is 0. The molecule has 1 aliphatic rings. The van der Waals surface area contributed by atoms with Crippen LogP contribution in [0.3, 0.4) is 0 Å². The average Bonchev–Trinajstić information content (AvgIpc) is 2.45. The minimum absolute atomic E-state index is 0.0777. The number of carbonyl (C=O) groups excluding carboxylic acids is 1. The third-order valence-electron chi connectivity index (χ3n) is 4.08. The third kappa shape index (κ3) is 6.80. The molecule has 0 saturated carbocycles. The number of rotatable bonds is 8. The Morgan fingerprint density at radius 3 is 2.67 bits per heavy atom. The predicted octanol–water partition coefficient (Wildman–Crippen LogP) is 2.13. The van der Waals surface area contributed by atoms with Crippen LogP contribution >= 0.6 is 0 Å². The number of ether oxygens (including phenoxy) is 1. The van der Waals surface area contributed by atoms with Crippen molar-refractivity contribution in [2.24, 2.45) is 5.92 Å². The second-order valence-corrected chi connectivity index (χ2v) is 5.60. The molecule has 2 unspecified atom stereocenters. The summed E-state index contributed by atoms with van der Waals surface area (Å²) >= 11 is 0. The molecule has 21 heavy (non-hydrogen) atoms. The minimum Gasteiger partial charge on any atom is -0.481 e. The first-order valence-electron chi connectivity index (χ1n) is 7.94. The molecular formula is C15H28N2O4. The second-order valence-electron chi connectivity index (χ2n) is 5.60. The summed E-state index contributed by atoms with van der Waals surface area (Å²) in [6.45, 7) is 5.41. The van der Waals surface area contributed by atoms with E-state index in [1.54, 1.807) is 0 Å². The number of urea groups is 1. The van der Waals surface area contributed by atoms with Gasteiger partial charge >= 0.3 is 12.0 Å². The fourth-order valence-electron chi connectivity index (χ4n) is 2.78. The summed E-state index contributed by atoms with van der Waals surface area (Å²) in [5, 5.41) is 14.2. The van der Waals surface area contributed by atoms with Crippen LogP contribution in [0.2, 0.25) is 0 Å². The summed E-state index contributed by atoms with van der Waals surface area (Å²) < 4.78 is 5.82. The van der Waals surface area contributed by atoms with Crippen molar-refractivity contribution in [2.45, 2.75) is 64.5 Å². The van der Waals surface area contributed by atoms with Gasteiger partial charge in [-0.25, -0.2) is 4.79 Å². The van der Waals surface area contributed by atoms with E-state index < -0.39 is 5.97 Å².